The van der Waals surface area contributed by atoms with Gasteiger partial charge in [0.1, 0.15) is 12.0 Å². The summed E-state index contributed by atoms with van der Waals surface area (Å²) in [6, 6.07) is 6.50. The predicted molar refractivity (Wildman–Crippen MR) is 62.0 cm³/mol. The highest BCUT2D eigenvalue weighted by Gasteiger charge is 2.04. The van der Waals surface area contributed by atoms with Crippen LogP contribution >= 0.6 is 11.6 Å². The predicted octanol–water partition coefficient (Wildman–Crippen LogP) is 2.81. The molecule has 0 aliphatic heterocycles. The summed E-state index contributed by atoms with van der Waals surface area (Å²) >= 11 is 5.49. The third kappa shape index (κ3) is 4.45. The van der Waals surface area contributed by atoms with Gasteiger partial charge in [0.2, 0.25) is 0 Å². The second kappa shape index (κ2) is 7.01. The number of hydrogen-bond donors (Lipinski definition) is 0. The molecule has 0 radical (unpaired) electrons. The molecule has 0 fully saturated rings. The molecule has 0 bridgehead atoms. The smallest absolute Gasteiger partial charge is 0.311 e. The second-order valence-electron chi connectivity index (χ2n) is 3.31. The van der Waals surface area contributed by atoms with E-state index < -0.39 is 0 Å². The van der Waals surface area contributed by atoms with Gasteiger partial charge in [0.25, 0.3) is 0 Å². The molecule has 0 saturated heterocycles. The van der Waals surface area contributed by atoms with Crippen molar-refractivity contribution in [3.63, 3.8) is 0 Å². The number of ether oxygens (including phenoxy) is 1. The molecule has 1 aromatic carbocycles. The van der Waals surface area contributed by atoms with E-state index >= 15 is 0 Å². The molecular formula is C12H13ClO3. The first-order valence-corrected chi connectivity index (χ1v) is 5.61. The minimum absolute atomic E-state index is 0.298. The SMILES string of the molecule is O=Cc1cccc(OC(=O)CCCCCl)c1. The first-order valence-electron chi connectivity index (χ1n) is 5.08. The van der Waals surface area contributed by atoms with E-state index in [-0.39, 0.29) is 5.97 Å². The lowest BCUT2D eigenvalue weighted by atomic mass is 10.2. The quantitative estimate of drug-likeness (QED) is 0.253. The molecule has 16 heavy (non-hydrogen) atoms. The van der Waals surface area contributed by atoms with Crippen LogP contribution in [-0.2, 0) is 4.79 Å². The number of rotatable bonds is 6. The van der Waals surface area contributed by atoms with Gasteiger partial charge in [-0.15, -0.1) is 11.6 Å². The van der Waals surface area contributed by atoms with Crippen LogP contribution in [0.1, 0.15) is 29.6 Å². The summed E-state index contributed by atoms with van der Waals surface area (Å²) in [7, 11) is 0. The van der Waals surface area contributed by atoms with Crippen LogP contribution < -0.4 is 4.74 Å². The molecule has 4 heteroatoms. The molecule has 86 valence electrons. The van der Waals surface area contributed by atoms with Crippen molar-refractivity contribution in [2.24, 2.45) is 0 Å². The molecule has 0 saturated carbocycles. The molecule has 3 nitrogen and oxygen atoms in total. The molecule has 1 aromatic rings. The highest BCUT2D eigenvalue weighted by atomic mass is 35.5. The number of benzene rings is 1. The van der Waals surface area contributed by atoms with Gasteiger partial charge in [-0.25, -0.2) is 0 Å². The van der Waals surface area contributed by atoms with Crippen LogP contribution in [0, 0.1) is 0 Å². The number of hydrogen-bond acceptors (Lipinski definition) is 3. The Labute approximate surface area is 99.4 Å². The van der Waals surface area contributed by atoms with E-state index in [4.69, 9.17) is 16.3 Å². The summed E-state index contributed by atoms with van der Waals surface area (Å²) in [6.07, 6.45) is 2.57. The van der Waals surface area contributed by atoms with Crippen molar-refractivity contribution in [2.75, 3.05) is 5.88 Å². The minimum atomic E-state index is -0.298. The fraction of sp³-hybridized carbons (Fsp3) is 0.333. The number of alkyl halides is 1. The van der Waals surface area contributed by atoms with Gasteiger partial charge in [0, 0.05) is 17.9 Å². The van der Waals surface area contributed by atoms with Crippen molar-refractivity contribution >= 4 is 23.9 Å². The largest absolute Gasteiger partial charge is 0.427 e. The number of unbranched alkanes of at least 4 members (excludes halogenated alkanes) is 1. The maximum atomic E-state index is 11.3. The van der Waals surface area contributed by atoms with E-state index in [9.17, 15) is 9.59 Å². The Balaban J connectivity index is 2.46. The summed E-state index contributed by atoms with van der Waals surface area (Å²) in [4.78, 5) is 21.8. The highest BCUT2D eigenvalue weighted by Crippen LogP contribution is 2.13. The minimum Gasteiger partial charge on any atom is -0.427 e. The van der Waals surface area contributed by atoms with E-state index in [2.05, 4.69) is 0 Å². The van der Waals surface area contributed by atoms with Crippen molar-refractivity contribution < 1.29 is 14.3 Å². The van der Waals surface area contributed by atoms with E-state index in [0.717, 1.165) is 12.8 Å². The molecule has 0 spiro atoms. The van der Waals surface area contributed by atoms with Crippen molar-refractivity contribution in [1.29, 1.82) is 0 Å². The molecule has 0 amide bonds. The summed E-state index contributed by atoms with van der Waals surface area (Å²) in [5.41, 5.74) is 0.492. The maximum Gasteiger partial charge on any atom is 0.311 e. The Bertz CT molecular complexity index is 363. The van der Waals surface area contributed by atoms with Gasteiger partial charge in [-0.3, -0.25) is 9.59 Å². The molecule has 0 aliphatic carbocycles. The molecule has 0 aromatic heterocycles. The number of halogens is 1. The second-order valence-corrected chi connectivity index (χ2v) is 3.69. The monoisotopic (exact) mass is 240 g/mol. The van der Waals surface area contributed by atoms with Gasteiger partial charge in [0.05, 0.1) is 0 Å². The lowest BCUT2D eigenvalue weighted by Crippen LogP contribution is -2.07. The lowest BCUT2D eigenvalue weighted by Gasteiger charge is -2.03. The normalized spacial score (nSPS) is 9.81. The van der Waals surface area contributed by atoms with Gasteiger partial charge < -0.3 is 4.74 Å². The topological polar surface area (TPSA) is 43.4 Å². The zero-order valence-corrected chi connectivity index (χ0v) is 9.57. The Morgan fingerprint density at radius 1 is 1.38 bits per heavy atom. The fourth-order valence-electron chi connectivity index (χ4n) is 1.20. The average Bonchev–Trinajstić information content (AvgIpc) is 2.29. The Hall–Kier alpha value is -1.35. The van der Waals surface area contributed by atoms with Crippen molar-refractivity contribution in [2.45, 2.75) is 19.3 Å². The summed E-state index contributed by atoms with van der Waals surface area (Å²) in [5.74, 6) is 0.655. The van der Waals surface area contributed by atoms with E-state index in [1.165, 1.54) is 6.07 Å². The third-order valence-electron chi connectivity index (χ3n) is 1.99. The molecular weight excluding hydrogens is 228 g/mol. The van der Waals surface area contributed by atoms with E-state index in [0.29, 0.717) is 29.9 Å². The van der Waals surface area contributed by atoms with Crippen molar-refractivity contribution in [3.05, 3.63) is 29.8 Å². The number of carbonyl (C=O) groups excluding carboxylic acids is 2. The van der Waals surface area contributed by atoms with Crippen LogP contribution in [0.25, 0.3) is 0 Å². The van der Waals surface area contributed by atoms with E-state index in [1.807, 2.05) is 0 Å². The zero-order chi connectivity index (χ0) is 11.8. The van der Waals surface area contributed by atoms with Crippen LogP contribution in [0.5, 0.6) is 5.75 Å². The number of esters is 1. The van der Waals surface area contributed by atoms with Crippen LogP contribution in [0.3, 0.4) is 0 Å². The lowest BCUT2D eigenvalue weighted by molar-refractivity contribution is -0.134. The Kier molecular flexibility index (Phi) is 5.57. The average molecular weight is 241 g/mol. The highest BCUT2D eigenvalue weighted by molar-refractivity contribution is 6.17. The third-order valence-corrected chi connectivity index (χ3v) is 2.26. The first kappa shape index (κ1) is 12.7. The molecule has 0 atom stereocenters. The van der Waals surface area contributed by atoms with Crippen molar-refractivity contribution in [1.82, 2.24) is 0 Å². The molecule has 0 aliphatic rings. The first-order chi connectivity index (χ1) is 7.76. The number of carbonyl (C=O) groups is 2. The molecule has 0 heterocycles. The molecule has 0 unspecified atom stereocenters. The zero-order valence-electron chi connectivity index (χ0n) is 8.82. The van der Waals surface area contributed by atoms with Crippen LogP contribution in [0.4, 0.5) is 0 Å². The van der Waals surface area contributed by atoms with Crippen LogP contribution in [-0.4, -0.2) is 18.1 Å². The van der Waals surface area contributed by atoms with Gasteiger partial charge >= 0.3 is 5.97 Å². The van der Waals surface area contributed by atoms with Crippen molar-refractivity contribution in [3.8, 4) is 5.75 Å². The van der Waals surface area contributed by atoms with Crippen LogP contribution in [0.2, 0.25) is 0 Å². The van der Waals surface area contributed by atoms with Gasteiger partial charge in [0.15, 0.2) is 0 Å². The Morgan fingerprint density at radius 3 is 2.88 bits per heavy atom. The number of aldehydes is 1. The summed E-state index contributed by atoms with van der Waals surface area (Å²) < 4.78 is 5.06. The maximum absolute atomic E-state index is 11.3. The van der Waals surface area contributed by atoms with E-state index in [1.54, 1.807) is 18.2 Å². The molecule has 0 N–H and O–H groups in total. The van der Waals surface area contributed by atoms with Gasteiger partial charge in [-0.2, -0.15) is 0 Å². The van der Waals surface area contributed by atoms with Crippen LogP contribution in [0.15, 0.2) is 24.3 Å². The Morgan fingerprint density at radius 2 is 2.19 bits per heavy atom. The molecule has 1 rings (SSSR count). The summed E-state index contributed by atoms with van der Waals surface area (Å²) in [6.45, 7) is 0. The van der Waals surface area contributed by atoms with Gasteiger partial charge in [-0.1, -0.05) is 12.1 Å². The standard InChI is InChI=1S/C12H13ClO3/c13-7-2-1-6-12(15)16-11-5-3-4-10(8-11)9-14/h3-5,8-9H,1-2,6-7H2. The summed E-state index contributed by atoms with van der Waals surface area (Å²) in [5, 5.41) is 0. The fourth-order valence-corrected chi connectivity index (χ4v) is 1.39. The van der Waals surface area contributed by atoms with Gasteiger partial charge in [-0.05, 0) is 25.0 Å².